The lowest BCUT2D eigenvalue weighted by Crippen LogP contribution is -2.31. The van der Waals surface area contributed by atoms with Crippen LogP contribution >= 0.6 is 0 Å². The Morgan fingerprint density at radius 1 is 1.08 bits per heavy atom. The fourth-order valence-corrected chi connectivity index (χ4v) is 3.31. The number of rotatable bonds is 3. The third-order valence-corrected chi connectivity index (χ3v) is 4.39. The van der Waals surface area contributed by atoms with Gasteiger partial charge in [-0.05, 0) is 25.0 Å². The van der Waals surface area contributed by atoms with Crippen LogP contribution in [0.25, 0.3) is 11.5 Å². The van der Waals surface area contributed by atoms with E-state index in [-0.39, 0.29) is 11.6 Å². The van der Waals surface area contributed by atoms with Crippen molar-refractivity contribution in [3.05, 3.63) is 65.9 Å². The van der Waals surface area contributed by atoms with Gasteiger partial charge in [0, 0.05) is 43.0 Å². The topological polar surface area (TPSA) is 74.8 Å². The molecule has 26 heavy (non-hydrogen) atoms. The van der Waals surface area contributed by atoms with Crippen LogP contribution in [0.2, 0.25) is 0 Å². The molecule has 0 unspecified atom stereocenters. The molecule has 0 bridgehead atoms. The van der Waals surface area contributed by atoms with Crippen LogP contribution in [0.1, 0.15) is 34.9 Å². The zero-order valence-corrected chi connectivity index (χ0v) is 13.7. The molecule has 1 fully saturated rings. The average molecular weight is 355 g/mol. The van der Waals surface area contributed by atoms with Crippen molar-refractivity contribution in [2.45, 2.75) is 18.9 Å². The molecule has 1 N–H and O–H groups in total. The Morgan fingerprint density at radius 3 is 2.58 bits per heavy atom. The first-order valence-electron chi connectivity index (χ1n) is 8.21. The van der Waals surface area contributed by atoms with Crippen molar-refractivity contribution >= 4 is 5.91 Å². The molecule has 1 aliphatic heterocycles. The summed E-state index contributed by atoms with van der Waals surface area (Å²) in [6.45, 7) is 0.482. The first kappa shape index (κ1) is 16.3. The lowest BCUT2D eigenvalue weighted by molar-refractivity contribution is 0.0732. The maximum Gasteiger partial charge on any atom is 0.254 e. The van der Waals surface area contributed by atoms with Crippen molar-refractivity contribution in [1.82, 2.24) is 24.8 Å². The Labute approximate surface area is 147 Å². The van der Waals surface area contributed by atoms with Gasteiger partial charge in [0.05, 0.1) is 11.7 Å². The first-order chi connectivity index (χ1) is 12.6. The number of carbonyl (C=O) groups excluding carboxylic acids is 1. The molecule has 1 atom stereocenters. The Hall–Kier alpha value is -3.16. The molecule has 1 aromatic carbocycles. The van der Waals surface area contributed by atoms with Gasteiger partial charge in [-0.25, -0.2) is 18.7 Å². The van der Waals surface area contributed by atoms with E-state index in [1.807, 2.05) is 0 Å². The Kier molecular flexibility index (Phi) is 4.16. The molecule has 0 radical (unpaired) electrons. The Morgan fingerprint density at radius 2 is 1.85 bits per heavy atom. The number of benzene rings is 1. The second kappa shape index (κ2) is 6.62. The summed E-state index contributed by atoms with van der Waals surface area (Å²) in [5.41, 5.74) is 1.16. The number of amides is 1. The van der Waals surface area contributed by atoms with Crippen LogP contribution in [0.3, 0.4) is 0 Å². The number of hydrogen-bond acceptors (Lipinski definition) is 4. The minimum Gasteiger partial charge on any atom is -0.343 e. The second-order valence-corrected chi connectivity index (χ2v) is 6.04. The number of hydrogen-bond donors (Lipinski definition) is 1. The third kappa shape index (κ3) is 2.94. The van der Waals surface area contributed by atoms with Gasteiger partial charge in [0.1, 0.15) is 17.3 Å². The van der Waals surface area contributed by atoms with Crippen LogP contribution < -0.4 is 0 Å². The third-order valence-electron chi connectivity index (χ3n) is 4.39. The van der Waals surface area contributed by atoms with Gasteiger partial charge >= 0.3 is 0 Å². The predicted molar refractivity (Wildman–Crippen MR) is 89.0 cm³/mol. The van der Waals surface area contributed by atoms with E-state index in [0.717, 1.165) is 24.6 Å². The van der Waals surface area contributed by atoms with Crippen molar-refractivity contribution in [2.24, 2.45) is 0 Å². The summed E-state index contributed by atoms with van der Waals surface area (Å²) in [6.07, 6.45) is 7.87. The molecule has 2 aromatic heterocycles. The molecule has 3 aromatic rings. The Bertz CT molecular complexity index is 924. The van der Waals surface area contributed by atoms with Crippen LogP contribution in [0.5, 0.6) is 0 Å². The van der Waals surface area contributed by atoms with E-state index >= 15 is 0 Å². The minimum atomic E-state index is -0.778. The van der Waals surface area contributed by atoms with Gasteiger partial charge in [0.25, 0.3) is 5.91 Å². The quantitative estimate of drug-likeness (QED) is 0.783. The van der Waals surface area contributed by atoms with Crippen molar-refractivity contribution < 1.29 is 13.6 Å². The zero-order valence-electron chi connectivity index (χ0n) is 13.7. The van der Waals surface area contributed by atoms with Crippen LogP contribution in [0.4, 0.5) is 8.78 Å². The molecule has 0 aliphatic carbocycles. The van der Waals surface area contributed by atoms with Crippen LogP contribution in [-0.2, 0) is 0 Å². The lowest BCUT2D eigenvalue weighted by atomic mass is 10.1. The van der Waals surface area contributed by atoms with E-state index < -0.39 is 17.5 Å². The molecular weight excluding hydrogens is 340 g/mol. The number of nitrogens with one attached hydrogen (secondary N) is 1. The summed E-state index contributed by atoms with van der Waals surface area (Å²) in [4.78, 5) is 30.4. The van der Waals surface area contributed by atoms with Crippen molar-refractivity contribution in [3.63, 3.8) is 0 Å². The highest BCUT2D eigenvalue weighted by molar-refractivity contribution is 5.94. The lowest BCUT2D eigenvalue weighted by Gasteiger charge is -2.25. The van der Waals surface area contributed by atoms with Gasteiger partial charge in [-0.1, -0.05) is 0 Å². The van der Waals surface area contributed by atoms with Gasteiger partial charge in [0.2, 0.25) is 0 Å². The molecule has 4 rings (SSSR count). The van der Waals surface area contributed by atoms with Gasteiger partial charge in [0.15, 0.2) is 5.82 Å². The SMILES string of the molecule is O=C(c1cc(F)cc(F)c1)N1CCC[C@H]1c1nccnc1-c1ncc[nH]1. The van der Waals surface area contributed by atoms with Crippen molar-refractivity contribution in [2.75, 3.05) is 6.54 Å². The highest BCUT2D eigenvalue weighted by atomic mass is 19.1. The molecule has 8 heteroatoms. The van der Waals surface area contributed by atoms with E-state index in [4.69, 9.17) is 0 Å². The molecule has 1 saturated heterocycles. The van der Waals surface area contributed by atoms with E-state index in [9.17, 15) is 13.6 Å². The van der Waals surface area contributed by atoms with E-state index in [0.29, 0.717) is 30.2 Å². The molecule has 0 saturated carbocycles. The number of aromatic nitrogens is 4. The minimum absolute atomic E-state index is 0.0159. The Balaban J connectivity index is 1.71. The number of carbonyl (C=O) groups is 1. The molecular formula is C18H15F2N5O. The van der Waals surface area contributed by atoms with Gasteiger partial charge in [-0.15, -0.1) is 0 Å². The van der Waals surface area contributed by atoms with Gasteiger partial charge in [-0.2, -0.15) is 0 Å². The highest BCUT2D eigenvalue weighted by Gasteiger charge is 2.34. The maximum absolute atomic E-state index is 13.5. The summed E-state index contributed by atoms with van der Waals surface area (Å²) < 4.78 is 27.0. The number of nitrogens with zero attached hydrogens (tertiary/aromatic N) is 4. The molecule has 132 valence electrons. The number of aromatic amines is 1. The number of halogens is 2. The molecule has 6 nitrogen and oxygen atoms in total. The van der Waals surface area contributed by atoms with Crippen LogP contribution in [0.15, 0.2) is 43.0 Å². The largest absolute Gasteiger partial charge is 0.343 e. The molecule has 1 aliphatic rings. The zero-order chi connectivity index (χ0) is 18.1. The monoisotopic (exact) mass is 355 g/mol. The molecule has 3 heterocycles. The highest BCUT2D eigenvalue weighted by Crippen LogP contribution is 2.35. The number of H-pyrrole nitrogens is 1. The maximum atomic E-state index is 13.5. The second-order valence-electron chi connectivity index (χ2n) is 6.04. The smallest absolute Gasteiger partial charge is 0.254 e. The van der Waals surface area contributed by atoms with E-state index in [1.165, 1.54) is 0 Å². The standard InChI is InChI=1S/C18H15F2N5O/c19-12-8-11(9-13(20)10-12)18(26)25-7-1-2-14(25)15-16(22-4-3-21-15)17-23-5-6-24-17/h3-6,8-10,14H,1-2,7H2,(H,23,24)/t14-/m0/s1. The summed E-state index contributed by atoms with van der Waals surface area (Å²) in [5, 5.41) is 0. The average Bonchev–Trinajstić information content (AvgIpc) is 3.32. The van der Waals surface area contributed by atoms with E-state index in [2.05, 4.69) is 19.9 Å². The number of imidazole rings is 1. The predicted octanol–water partition coefficient (Wildman–Crippen LogP) is 3.12. The fourth-order valence-electron chi connectivity index (χ4n) is 3.31. The van der Waals surface area contributed by atoms with Crippen LogP contribution in [-0.4, -0.2) is 37.3 Å². The van der Waals surface area contributed by atoms with E-state index in [1.54, 1.807) is 29.7 Å². The van der Waals surface area contributed by atoms with Gasteiger partial charge < -0.3 is 9.88 Å². The number of likely N-dealkylation sites (tertiary alicyclic amines) is 1. The van der Waals surface area contributed by atoms with Crippen molar-refractivity contribution in [3.8, 4) is 11.5 Å². The first-order valence-corrected chi connectivity index (χ1v) is 8.21. The fraction of sp³-hybridized carbons (Fsp3) is 0.222. The molecule has 1 amide bonds. The van der Waals surface area contributed by atoms with Gasteiger partial charge in [-0.3, -0.25) is 9.78 Å². The summed E-state index contributed by atoms with van der Waals surface area (Å²) in [6, 6.07) is 2.51. The summed E-state index contributed by atoms with van der Waals surface area (Å²) in [5.74, 6) is -1.43. The van der Waals surface area contributed by atoms with Crippen molar-refractivity contribution in [1.29, 1.82) is 0 Å². The van der Waals surface area contributed by atoms with Crippen LogP contribution in [0, 0.1) is 11.6 Å². The normalized spacial score (nSPS) is 16.8. The summed E-state index contributed by atoms with van der Waals surface area (Å²) >= 11 is 0. The summed E-state index contributed by atoms with van der Waals surface area (Å²) in [7, 11) is 0. The molecule has 0 spiro atoms.